The maximum atomic E-state index is 13.2. The van der Waals surface area contributed by atoms with Gasteiger partial charge in [0.05, 0.1) is 4.47 Å². The molecule has 0 saturated heterocycles. The number of rotatable bonds is 2. The van der Waals surface area contributed by atoms with Gasteiger partial charge in [-0.2, -0.15) is 0 Å². The van der Waals surface area contributed by atoms with Gasteiger partial charge in [-0.3, -0.25) is 0 Å². The van der Waals surface area contributed by atoms with Gasteiger partial charge >= 0.3 is 0 Å². The second kappa shape index (κ2) is 5.28. The molecule has 0 aliphatic heterocycles. The third kappa shape index (κ3) is 2.71. The Labute approximate surface area is 104 Å². The standard InChI is InChI=1S/C11H13BrFN.ClH/c12-9-5-4-8(6-10(9)13)11(14)7-2-1-3-7;/h4-7,11H,1-3,14H2;1H/t11-;/m0./s1. The normalized spacial score (nSPS) is 17.8. The molecule has 0 unspecified atom stereocenters. The van der Waals surface area contributed by atoms with Gasteiger partial charge in [0.1, 0.15) is 5.82 Å². The molecule has 1 fully saturated rings. The smallest absolute Gasteiger partial charge is 0.137 e. The SMILES string of the molecule is Cl.N[C@H](c1ccc(Br)c(F)c1)C1CCC1. The van der Waals surface area contributed by atoms with Gasteiger partial charge in [-0.1, -0.05) is 12.5 Å². The Bertz CT molecular complexity index is 341. The summed E-state index contributed by atoms with van der Waals surface area (Å²) < 4.78 is 13.7. The van der Waals surface area contributed by atoms with Crippen molar-refractivity contribution in [1.82, 2.24) is 0 Å². The quantitative estimate of drug-likeness (QED) is 0.882. The first-order chi connectivity index (χ1) is 6.68. The molecular formula is C11H14BrClFN. The van der Waals surface area contributed by atoms with Gasteiger partial charge < -0.3 is 5.73 Å². The minimum absolute atomic E-state index is 0. The van der Waals surface area contributed by atoms with Crippen LogP contribution in [0.25, 0.3) is 0 Å². The second-order valence-electron chi connectivity index (χ2n) is 3.89. The van der Waals surface area contributed by atoms with Gasteiger partial charge in [0, 0.05) is 6.04 Å². The summed E-state index contributed by atoms with van der Waals surface area (Å²) in [6.45, 7) is 0. The first-order valence-electron chi connectivity index (χ1n) is 4.89. The summed E-state index contributed by atoms with van der Waals surface area (Å²) in [6, 6.07) is 5.17. The lowest BCUT2D eigenvalue weighted by molar-refractivity contribution is 0.264. The van der Waals surface area contributed by atoms with E-state index in [1.165, 1.54) is 25.3 Å². The highest BCUT2D eigenvalue weighted by molar-refractivity contribution is 9.10. The zero-order valence-corrected chi connectivity index (χ0v) is 10.7. The predicted octanol–water partition coefficient (Wildman–Crippen LogP) is 3.81. The molecule has 1 aliphatic rings. The molecule has 0 radical (unpaired) electrons. The molecule has 4 heteroatoms. The summed E-state index contributed by atoms with van der Waals surface area (Å²) in [5, 5.41) is 0. The molecule has 1 nitrogen and oxygen atoms in total. The van der Waals surface area contributed by atoms with Gasteiger partial charge in [0.2, 0.25) is 0 Å². The van der Waals surface area contributed by atoms with E-state index in [1.54, 1.807) is 6.07 Å². The monoisotopic (exact) mass is 293 g/mol. The first kappa shape index (κ1) is 12.9. The minimum Gasteiger partial charge on any atom is -0.324 e. The van der Waals surface area contributed by atoms with Crippen molar-refractivity contribution in [2.75, 3.05) is 0 Å². The van der Waals surface area contributed by atoms with Crippen molar-refractivity contribution >= 4 is 28.3 Å². The predicted molar refractivity (Wildman–Crippen MR) is 65.6 cm³/mol. The molecule has 1 atom stereocenters. The summed E-state index contributed by atoms with van der Waals surface area (Å²) in [6.07, 6.45) is 3.62. The van der Waals surface area contributed by atoms with Crippen LogP contribution in [-0.4, -0.2) is 0 Å². The average Bonchev–Trinajstić information content (AvgIpc) is 2.06. The average molecular weight is 295 g/mol. The van der Waals surface area contributed by atoms with Gasteiger partial charge in [0.15, 0.2) is 0 Å². The molecule has 0 bridgehead atoms. The number of hydrogen-bond donors (Lipinski definition) is 1. The van der Waals surface area contributed by atoms with Crippen molar-refractivity contribution in [1.29, 1.82) is 0 Å². The van der Waals surface area contributed by atoms with E-state index in [0.29, 0.717) is 10.4 Å². The van der Waals surface area contributed by atoms with Crippen molar-refractivity contribution in [3.05, 3.63) is 34.1 Å². The summed E-state index contributed by atoms with van der Waals surface area (Å²) in [7, 11) is 0. The number of hydrogen-bond acceptors (Lipinski definition) is 1. The van der Waals surface area contributed by atoms with Crippen LogP contribution >= 0.6 is 28.3 Å². The zero-order chi connectivity index (χ0) is 10.1. The Balaban J connectivity index is 0.00000112. The topological polar surface area (TPSA) is 26.0 Å². The minimum atomic E-state index is -0.225. The highest BCUT2D eigenvalue weighted by Crippen LogP contribution is 2.36. The molecule has 1 saturated carbocycles. The molecule has 1 aliphatic carbocycles. The van der Waals surface area contributed by atoms with E-state index < -0.39 is 0 Å². The Morgan fingerprint density at radius 1 is 1.40 bits per heavy atom. The van der Waals surface area contributed by atoms with Crippen LogP contribution in [0.1, 0.15) is 30.9 Å². The molecule has 2 rings (SSSR count). The van der Waals surface area contributed by atoms with Crippen LogP contribution < -0.4 is 5.73 Å². The van der Waals surface area contributed by atoms with E-state index in [1.807, 2.05) is 6.07 Å². The molecule has 0 amide bonds. The van der Waals surface area contributed by atoms with E-state index in [4.69, 9.17) is 5.73 Å². The van der Waals surface area contributed by atoms with Crippen LogP contribution in [0.3, 0.4) is 0 Å². The highest BCUT2D eigenvalue weighted by Gasteiger charge is 2.25. The lowest BCUT2D eigenvalue weighted by Crippen LogP contribution is -2.26. The second-order valence-corrected chi connectivity index (χ2v) is 4.74. The van der Waals surface area contributed by atoms with Gasteiger partial charge in [-0.05, 0) is 52.4 Å². The van der Waals surface area contributed by atoms with Crippen LogP contribution in [0.2, 0.25) is 0 Å². The third-order valence-electron chi connectivity index (χ3n) is 2.99. The van der Waals surface area contributed by atoms with E-state index in [2.05, 4.69) is 15.9 Å². The van der Waals surface area contributed by atoms with Crippen molar-refractivity contribution in [3.8, 4) is 0 Å². The molecule has 0 heterocycles. The lowest BCUT2D eigenvalue weighted by Gasteiger charge is -2.31. The fourth-order valence-corrected chi connectivity index (χ4v) is 2.04. The summed E-state index contributed by atoms with van der Waals surface area (Å²) in [4.78, 5) is 0. The molecule has 15 heavy (non-hydrogen) atoms. The first-order valence-corrected chi connectivity index (χ1v) is 5.68. The van der Waals surface area contributed by atoms with E-state index in [0.717, 1.165) is 5.56 Å². The number of halogens is 3. The highest BCUT2D eigenvalue weighted by atomic mass is 79.9. The van der Waals surface area contributed by atoms with E-state index >= 15 is 0 Å². The van der Waals surface area contributed by atoms with Crippen molar-refractivity contribution in [3.63, 3.8) is 0 Å². The van der Waals surface area contributed by atoms with Gasteiger partial charge in [-0.25, -0.2) is 4.39 Å². The largest absolute Gasteiger partial charge is 0.324 e. The van der Waals surface area contributed by atoms with Crippen molar-refractivity contribution < 1.29 is 4.39 Å². The van der Waals surface area contributed by atoms with Crippen LogP contribution in [0, 0.1) is 11.7 Å². The number of nitrogens with two attached hydrogens (primary N) is 1. The Morgan fingerprint density at radius 3 is 2.53 bits per heavy atom. The summed E-state index contributed by atoms with van der Waals surface area (Å²) >= 11 is 3.13. The van der Waals surface area contributed by atoms with E-state index in [-0.39, 0.29) is 24.3 Å². The summed E-state index contributed by atoms with van der Waals surface area (Å²) in [5.41, 5.74) is 6.95. The van der Waals surface area contributed by atoms with Crippen molar-refractivity contribution in [2.45, 2.75) is 25.3 Å². The third-order valence-corrected chi connectivity index (χ3v) is 3.63. The summed E-state index contributed by atoms with van der Waals surface area (Å²) in [5.74, 6) is 0.327. The number of benzene rings is 1. The van der Waals surface area contributed by atoms with Crippen molar-refractivity contribution in [2.24, 2.45) is 11.7 Å². The lowest BCUT2D eigenvalue weighted by atomic mass is 9.77. The fourth-order valence-electron chi connectivity index (χ4n) is 1.79. The maximum Gasteiger partial charge on any atom is 0.137 e. The molecule has 0 spiro atoms. The van der Waals surface area contributed by atoms with Gasteiger partial charge in [-0.15, -0.1) is 12.4 Å². The fraction of sp³-hybridized carbons (Fsp3) is 0.455. The molecule has 1 aromatic rings. The maximum absolute atomic E-state index is 13.2. The van der Waals surface area contributed by atoms with Crippen LogP contribution in [0.4, 0.5) is 4.39 Å². The van der Waals surface area contributed by atoms with Crippen LogP contribution in [-0.2, 0) is 0 Å². The molecule has 84 valence electrons. The molecule has 2 N–H and O–H groups in total. The van der Waals surface area contributed by atoms with Crippen LogP contribution in [0.15, 0.2) is 22.7 Å². The Morgan fingerprint density at radius 2 is 2.07 bits per heavy atom. The van der Waals surface area contributed by atoms with Gasteiger partial charge in [0.25, 0.3) is 0 Å². The Hall–Kier alpha value is -0.120. The van der Waals surface area contributed by atoms with Crippen LogP contribution in [0.5, 0.6) is 0 Å². The molecule has 1 aromatic carbocycles. The Kier molecular flexibility index (Phi) is 4.56. The zero-order valence-electron chi connectivity index (χ0n) is 8.25. The molecular weight excluding hydrogens is 280 g/mol. The molecule has 0 aromatic heterocycles. The van der Waals surface area contributed by atoms with E-state index in [9.17, 15) is 4.39 Å².